The summed E-state index contributed by atoms with van der Waals surface area (Å²) in [5.74, 6) is 0.795. The SMILES string of the molecule is O=C(CNc1cccc(Cl)c1)NC1CCOc2ccccc21. The smallest absolute Gasteiger partial charge is 0.239 e. The summed E-state index contributed by atoms with van der Waals surface area (Å²) in [5.41, 5.74) is 1.86. The number of amides is 1. The van der Waals surface area contributed by atoms with Crippen LogP contribution in [-0.2, 0) is 4.79 Å². The molecule has 114 valence electrons. The zero-order valence-corrected chi connectivity index (χ0v) is 12.8. The second kappa shape index (κ2) is 6.71. The summed E-state index contributed by atoms with van der Waals surface area (Å²) in [6, 6.07) is 15.1. The van der Waals surface area contributed by atoms with E-state index in [1.165, 1.54) is 0 Å². The van der Waals surface area contributed by atoms with Crippen LogP contribution < -0.4 is 15.4 Å². The molecule has 2 N–H and O–H groups in total. The van der Waals surface area contributed by atoms with E-state index in [1.54, 1.807) is 12.1 Å². The van der Waals surface area contributed by atoms with Gasteiger partial charge in [0.15, 0.2) is 0 Å². The van der Waals surface area contributed by atoms with Crippen LogP contribution in [0.5, 0.6) is 5.75 Å². The van der Waals surface area contributed by atoms with E-state index in [4.69, 9.17) is 16.3 Å². The van der Waals surface area contributed by atoms with Crippen LogP contribution in [0.2, 0.25) is 5.02 Å². The number of para-hydroxylation sites is 1. The summed E-state index contributed by atoms with van der Waals surface area (Å²) >= 11 is 5.92. The molecule has 0 saturated heterocycles. The number of carbonyl (C=O) groups excluding carboxylic acids is 1. The molecule has 4 nitrogen and oxygen atoms in total. The largest absolute Gasteiger partial charge is 0.493 e. The van der Waals surface area contributed by atoms with E-state index in [1.807, 2.05) is 36.4 Å². The topological polar surface area (TPSA) is 50.4 Å². The van der Waals surface area contributed by atoms with Gasteiger partial charge in [0.25, 0.3) is 0 Å². The highest BCUT2D eigenvalue weighted by molar-refractivity contribution is 6.30. The van der Waals surface area contributed by atoms with E-state index in [2.05, 4.69) is 10.6 Å². The Hall–Kier alpha value is -2.20. The minimum atomic E-state index is -0.0540. The van der Waals surface area contributed by atoms with Gasteiger partial charge in [0, 0.05) is 22.7 Å². The van der Waals surface area contributed by atoms with Crippen molar-refractivity contribution < 1.29 is 9.53 Å². The summed E-state index contributed by atoms with van der Waals surface area (Å²) in [7, 11) is 0. The number of hydrogen-bond donors (Lipinski definition) is 2. The summed E-state index contributed by atoms with van der Waals surface area (Å²) in [6.45, 7) is 0.823. The van der Waals surface area contributed by atoms with Gasteiger partial charge in [0.2, 0.25) is 5.91 Å². The van der Waals surface area contributed by atoms with Crippen LogP contribution in [0.1, 0.15) is 18.0 Å². The predicted molar refractivity (Wildman–Crippen MR) is 87.4 cm³/mol. The van der Waals surface area contributed by atoms with Gasteiger partial charge in [-0.05, 0) is 24.3 Å². The third kappa shape index (κ3) is 3.52. The number of hydrogen-bond acceptors (Lipinski definition) is 3. The van der Waals surface area contributed by atoms with Gasteiger partial charge in [-0.3, -0.25) is 4.79 Å². The zero-order valence-electron chi connectivity index (χ0n) is 12.0. The average molecular weight is 317 g/mol. The van der Waals surface area contributed by atoms with Crippen LogP contribution in [0.4, 0.5) is 5.69 Å². The zero-order chi connectivity index (χ0) is 15.4. The summed E-state index contributed by atoms with van der Waals surface area (Å²) in [5, 5.41) is 6.76. The third-order valence-corrected chi connectivity index (χ3v) is 3.81. The first kappa shape index (κ1) is 14.7. The lowest BCUT2D eigenvalue weighted by molar-refractivity contribution is -0.120. The Morgan fingerprint density at radius 1 is 1.23 bits per heavy atom. The number of ether oxygens (including phenoxy) is 1. The van der Waals surface area contributed by atoms with Crippen molar-refractivity contribution in [3.05, 3.63) is 59.1 Å². The second-order valence-electron chi connectivity index (χ2n) is 5.16. The van der Waals surface area contributed by atoms with Crippen molar-refractivity contribution >= 4 is 23.2 Å². The van der Waals surface area contributed by atoms with E-state index < -0.39 is 0 Å². The maximum atomic E-state index is 12.1. The molecule has 0 aliphatic carbocycles. The molecule has 1 heterocycles. The van der Waals surface area contributed by atoms with E-state index in [-0.39, 0.29) is 18.5 Å². The van der Waals surface area contributed by atoms with Crippen molar-refractivity contribution in [1.82, 2.24) is 5.32 Å². The lowest BCUT2D eigenvalue weighted by Gasteiger charge is -2.26. The lowest BCUT2D eigenvalue weighted by Crippen LogP contribution is -2.35. The first-order chi connectivity index (χ1) is 10.7. The summed E-state index contributed by atoms with van der Waals surface area (Å²) in [4.78, 5) is 12.1. The van der Waals surface area contributed by atoms with Gasteiger partial charge in [0.05, 0.1) is 19.2 Å². The molecule has 1 aliphatic rings. The molecule has 0 fully saturated rings. The van der Waals surface area contributed by atoms with Gasteiger partial charge in [-0.15, -0.1) is 0 Å². The number of fused-ring (bicyclic) bond motifs is 1. The second-order valence-corrected chi connectivity index (χ2v) is 5.60. The Morgan fingerprint density at radius 3 is 2.95 bits per heavy atom. The van der Waals surface area contributed by atoms with Crippen LogP contribution in [-0.4, -0.2) is 19.1 Å². The molecule has 5 heteroatoms. The molecule has 0 spiro atoms. The highest BCUT2D eigenvalue weighted by atomic mass is 35.5. The molecule has 0 aromatic heterocycles. The van der Waals surface area contributed by atoms with E-state index in [0.29, 0.717) is 11.6 Å². The first-order valence-corrected chi connectivity index (χ1v) is 7.61. The molecule has 1 aliphatic heterocycles. The predicted octanol–water partition coefficient (Wildman–Crippen LogP) is 3.39. The highest BCUT2D eigenvalue weighted by Crippen LogP contribution is 2.31. The van der Waals surface area contributed by atoms with E-state index in [9.17, 15) is 4.79 Å². The molecule has 0 radical (unpaired) electrons. The van der Waals surface area contributed by atoms with Crippen molar-refractivity contribution in [2.24, 2.45) is 0 Å². The molecule has 1 unspecified atom stereocenters. The molecule has 1 amide bonds. The lowest BCUT2D eigenvalue weighted by atomic mass is 10.0. The van der Waals surface area contributed by atoms with Gasteiger partial charge < -0.3 is 15.4 Å². The Kier molecular flexibility index (Phi) is 4.49. The highest BCUT2D eigenvalue weighted by Gasteiger charge is 2.22. The van der Waals surface area contributed by atoms with E-state index in [0.717, 1.165) is 23.4 Å². The minimum absolute atomic E-state index is 0.00129. The molecule has 2 aromatic carbocycles. The number of anilines is 1. The molecule has 0 saturated carbocycles. The van der Waals surface area contributed by atoms with Gasteiger partial charge >= 0.3 is 0 Å². The van der Waals surface area contributed by atoms with E-state index >= 15 is 0 Å². The quantitative estimate of drug-likeness (QED) is 0.909. The molecular weight excluding hydrogens is 300 g/mol. The summed E-state index contributed by atoms with van der Waals surface area (Å²) in [6.07, 6.45) is 0.778. The van der Waals surface area contributed by atoms with Gasteiger partial charge in [-0.25, -0.2) is 0 Å². The van der Waals surface area contributed by atoms with Gasteiger partial charge in [-0.1, -0.05) is 35.9 Å². The Morgan fingerprint density at radius 2 is 2.09 bits per heavy atom. The summed E-state index contributed by atoms with van der Waals surface area (Å²) < 4.78 is 5.60. The minimum Gasteiger partial charge on any atom is -0.493 e. The number of carbonyl (C=O) groups is 1. The average Bonchev–Trinajstić information content (AvgIpc) is 2.53. The molecule has 22 heavy (non-hydrogen) atoms. The molecular formula is C17H17ClN2O2. The van der Waals surface area contributed by atoms with Crippen LogP contribution in [0.3, 0.4) is 0 Å². The number of rotatable bonds is 4. The maximum Gasteiger partial charge on any atom is 0.239 e. The van der Waals surface area contributed by atoms with Crippen LogP contribution >= 0.6 is 11.6 Å². The molecule has 0 bridgehead atoms. The normalized spacial score (nSPS) is 16.3. The molecule has 1 atom stereocenters. The fourth-order valence-corrected chi connectivity index (χ4v) is 2.71. The van der Waals surface area contributed by atoms with Crippen LogP contribution in [0, 0.1) is 0 Å². The number of halogens is 1. The fraction of sp³-hybridized carbons (Fsp3) is 0.235. The van der Waals surface area contributed by atoms with Gasteiger partial charge in [0.1, 0.15) is 5.75 Å². The Bertz CT molecular complexity index is 675. The van der Waals surface area contributed by atoms with Crippen molar-refractivity contribution in [2.45, 2.75) is 12.5 Å². The van der Waals surface area contributed by atoms with Crippen molar-refractivity contribution in [1.29, 1.82) is 0 Å². The van der Waals surface area contributed by atoms with Crippen molar-refractivity contribution in [3.8, 4) is 5.75 Å². The Balaban J connectivity index is 1.59. The Labute approximate surface area is 134 Å². The standard InChI is InChI=1S/C17H17ClN2O2/c18-12-4-3-5-13(10-12)19-11-17(21)20-15-8-9-22-16-7-2-1-6-14(15)16/h1-7,10,15,19H,8-9,11H2,(H,20,21). The van der Waals surface area contributed by atoms with Crippen LogP contribution in [0.15, 0.2) is 48.5 Å². The van der Waals surface area contributed by atoms with Crippen molar-refractivity contribution in [3.63, 3.8) is 0 Å². The van der Waals surface area contributed by atoms with Crippen LogP contribution in [0.25, 0.3) is 0 Å². The monoisotopic (exact) mass is 316 g/mol. The first-order valence-electron chi connectivity index (χ1n) is 7.23. The number of benzene rings is 2. The van der Waals surface area contributed by atoms with Crippen molar-refractivity contribution in [2.75, 3.05) is 18.5 Å². The molecule has 3 rings (SSSR count). The maximum absolute atomic E-state index is 12.1. The third-order valence-electron chi connectivity index (χ3n) is 3.57. The number of nitrogens with one attached hydrogen (secondary N) is 2. The van der Waals surface area contributed by atoms with Gasteiger partial charge in [-0.2, -0.15) is 0 Å². The fourth-order valence-electron chi connectivity index (χ4n) is 2.52. The molecule has 2 aromatic rings.